The highest BCUT2D eigenvalue weighted by atomic mass is 35.5. The molecule has 214 valence electrons. The summed E-state index contributed by atoms with van der Waals surface area (Å²) in [4.78, 5) is 53.3. The van der Waals surface area contributed by atoms with E-state index in [2.05, 4.69) is 10.6 Å². The SMILES string of the molecule is CCOC(=O)OC1CCCN(c2ccc(NC(=O)[C@H]3C[C@@H](OC)CN3C(=O)Nc3ccc(Cl)cc3)c(F)c2)C1=O. The quantitative estimate of drug-likeness (QED) is 0.468. The Labute approximate surface area is 235 Å². The summed E-state index contributed by atoms with van der Waals surface area (Å²) in [6.45, 7) is 2.21. The zero-order valence-electron chi connectivity index (χ0n) is 22.0. The maximum atomic E-state index is 15.1. The number of rotatable bonds is 7. The van der Waals surface area contributed by atoms with E-state index in [1.54, 1.807) is 31.2 Å². The van der Waals surface area contributed by atoms with E-state index >= 15 is 4.39 Å². The fraction of sp³-hybridized carbons (Fsp3) is 0.407. The lowest BCUT2D eigenvalue weighted by atomic mass is 10.1. The number of hydrogen-bond donors (Lipinski definition) is 2. The zero-order chi connectivity index (χ0) is 28.8. The van der Waals surface area contributed by atoms with Crippen LogP contribution in [0.4, 0.5) is 31.0 Å². The van der Waals surface area contributed by atoms with E-state index in [-0.39, 0.29) is 37.1 Å². The van der Waals surface area contributed by atoms with Crippen LogP contribution in [0.15, 0.2) is 42.5 Å². The van der Waals surface area contributed by atoms with Crippen molar-refractivity contribution in [3.8, 4) is 0 Å². The molecule has 0 radical (unpaired) electrons. The van der Waals surface area contributed by atoms with Gasteiger partial charge in [-0.3, -0.25) is 9.59 Å². The van der Waals surface area contributed by atoms with E-state index in [1.807, 2.05) is 0 Å². The predicted octanol–water partition coefficient (Wildman–Crippen LogP) is 4.41. The summed E-state index contributed by atoms with van der Waals surface area (Å²) in [5.41, 5.74) is 0.636. The van der Waals surface area contributed by atoms with Crippen LogP contribution in [0.3, 0.4) is 0 Å². The molecule has 0 bridgehead atoms. The molecule has 4 rings (SSSR count). The molecule has 3 atom stereocenters. The number of halogens is 2. The summed E-state index contributed by atoms with van der Waals surface area (Å²) in [6.07, 6.45) is -1.26. The van der Waals surface area contributed by atoms with E-state index in [0.29, 0.717) is 30.1 Å². The number of nitrogens with one attached hydrogen (secondary N) is 2. The van der Waals surface area contributed by atoms with Gasteiger partial charge in [-0.05, 0) is 62.2 Å². The molecule has 2 N–H and O–H groups in total. The van der Waals surface area contributed by atoms with Crippen LogP contribution in [0.2, 0.25) is 5.02 Å². The summed E-state index contributed by atoms with van der Waals surface area (Å²) >= 11 is 5.90. The van der Waals surface area contributed by atoms with Crippen LogP contribution in [0.5, 0.6) is 0 Å². The summed E-state index contributed by atoms with van der Waals surface area (Å²) < 4.78 is 30.3. The predicted molar refractivity (Wildman–Crippen MR) is 145 cm³/mol. The molecule has 2 heterocycles. The number of nitrogens with zero attached hydrogens (tertiary/aromatic N) is 2. The Morgan fingerprint density at radius 3 is 2.55 bits per heavy atom. The average molecular weight is 577 g/mol. The van der Waals surface area contributed by atoms with Gasteiger partial charge in [-0.15, -0.1) is 0 Å². The number of likely N-dealkylation sites (tertiary alicyclic amines) is 1. The Bertz CT molecular complexity index is 1260. The highest BCUT2D eigenvalue weighted by Crippen LogP contribution is 2.28. The first-order valence-electron chi connectivity index (χ1n) is 12.8. The Morgan fingerprint density at radius 2 is 1.88 bits per heavy atom. The number of benzene rings is 2. The van der Waals surface area contributed by atoms with Crippen molar-refractivity contribution in [2.24, 2.45) is 0 Å². The number of anilines is 3. The average Bonchev–Trinajstić information content (AvgIpc) is 3.38. The van der Waals surface area contributed by atoms with E-state index in [0.717, 1.165) is 6.07 Å². The van der Waals surface area contributed by atoms with E-state index < -0.39 is 42.0 Å². The van der Waals surface area contributed by atoms with Crippen LogP contribution in [0.1, 0.15) is 26.2 Å². The minimum absolute atomic E-state index is 0.111. The van der Waals surface area contributed by atoms with E-state index in [4.69, 9.17) is 25.8 Å². The van der Waals surface area contributed by atoms with Gasteiger partial charge in [-0.1, -0.05) is 11.6 Å². The maximum Gasteiger partial charge on any atom is 0.509 e. The molecule has 11 nitrogen and oxygen atoms in total. The number of hydrogen-bond acceptors (Lipinski definition) is 7. The number of piperidine rings is 1. The highest BCUT2D eigenvalue weighted by molar-refractivity contribution is 6.30. The van der Waals surface area contributed by atoms with E-state index in [1.165, 1.54) is 29.0 Å². The second kappa shape index (κ2) is 13.0. The van der Waals surface area contributed by atoms with Crippen molar-refractivity contribution in [1.82, 2.24) is 4.90 Å². The van der Waals surface area contributed by atoms with Crippen LogP contribution in [0.25, 0.3) is 0 Å². The van der Waals surface area contributed by atoms with Gasteiger partial charge in [-0.25, -0.2) is 14.0 Å². The van der Waals surface area contributed by atoms with Crippen molar-refractivity contribution in [3.63, 3.8) is 0 Å². The van der Waals surface area contributed by atoms with Crippen LogP contribution in [-0.2, 0) is 23.8 Å². The third-order valence-electron chi connectivity index (χ3n) is 6.67. The summed E-state index contributed by atoms with van der Waals surface area (Å²) in [5.74, 6) is -1.85. The van der Waals surface area contributed by atoms with Gasteiger partial charge in [0.2, 0.25) is 5.91 Å². The highest BCUT2D eigenvalue weighted by Gasteiger charge is 2.40. The fourth-order valence-electron chi connectivity index (χ4n) is 4.64. The van der Waals surface area contributed by atoms with Crippen molar-refractivity contribution in [2.45, 2.75) is 44.4 Å². The molecule has 1 unspecified atom stereocenters. The van der Waals surface area contributed by atoms with Crippen molar-refractivity contribution >= 4 is 52.7 Å². The molecule has 13 heteroatoms. The third kappa shape index (κ3) is 6.80. The number of methoxy groups -OCH3 is 1. The van der Waals surface area contributed by atoms with Crippen LogP contribution >= 0.6 is 11.6 Å². The molecule has 0 aliphatic carbocycles. The molecule has 2 fully saturated rings. The van der Waals surface area contributed by atoms with Gasteiger partial charge in [0.25, 0.3) is 5.91 Å². The largest absolute Gasteiger partial charge is 0.509 e. The molecule has 2 aromatic carbocycles. The first-order chi connectivity index (χ1) is 19.2. The van der Waals surface area contributed by atoms with Gasteiger partial charge in [0.05, 0.1) is 18.4 Å². The topological polar surface area (TPSA) is 127 Å². The van der Waals surface area contributed by atoms with Crippen molar-refractivity contribution < 1.29 is 37.8 Å². The minimum atomic E-state index is -1.03. The van der Waals surface area contributed by atoms with Crippen LogP contribution in [-0.4, -0.2) is 74.0 Å². The van der Waals surface area contributed by atoms with Gasteiger partial charge in [0.15, 0.2) is 6.10 Å². The molecule has 0 spiro atoms. The fourth-order valence-corrected chi connectivity index (χ4v) is 4.76. The minimum Gasteiger partial charge on any atom is -0.435 e. The molecule has 2 saturated heterocycles. The lowest BCUT2D eigenvalue weighted by molar-refractivity contribution is -0.130. The summed E-state index contributed by atoms with van der Waals surface area (Å²) in [6, 6.07) is 9.04. The normalized spacial score (nSPS) is 20.7. The van der Waals surface area contributed by atoms with Crippen LogP contribution in [0, 0.1) is 5.82 Å². The van der Waals surface area contributed by atoms with Crippen LogP contribution < -0.4 is 15.5 Å². The Morgan fingerprint density at radius 1 is 1.12 bits per heavy atom. The first-order valence-corrected chi connectivity index (χ1v) is 13.2. The molecule has 2 aliphatic rings. The van der Waals surface area contributed by atoms with E-state index in [9.17, 15) is 19.2 Å². The van der Waals surface area contributed by atoms with Crippen molar-refractivity contribution in [1.29, 1.82) is 0 Å². The zero-order valence-corrected chi connectivity index (χ0v) is 22.8. The number of amides is 4. The Kier molecular flexibility index (Phi) is 9.43. The van der Waals surface area contributed by atoms with Gasteiger partial charge in [-0.2, -0.15) is 0 Å². The number of ether oxygens (including phenoxy) is 3. The Balaban J connectivity index is 1.43. The number of urea groups is 1. The third-order valence-corrected chi connectivity index (χ3v) is 6.92. The van der Waals surface area contributed by atoms with Gasteiger partial charge in [0, 0.05) is 43.0 Å². The second-order valence-electron chi connectivity index (χ2n) is 9.27. The molecular weight excluding hydrogens is 547 g/mol. The standard InChI is InChI=1S/C27H30ClFN4O7/c1-3-39-27(37)40-23-5-4-12-32(25(23)35)18-10-11-21(20(29)13-18)31-24(34)22-14-19(38-2)15-33(22)26(36)30-17-8-6-16(28)7-9-17/h6-11,13,19,22-23H,3-5,12,14-15H2,1-2H3,(H,30,36)(H,31,34)/t19-,22-,23?/m1/s1. The molecular formula is C27H30ClFN4O7. The molecule has 4 amide bonds. The molecule has 40 heavy (non-hydrogen) atoms. The number of carbonyl (C=O) groups is 4. The van der Waals surface area contributed by atoms with Crippen molar-refractivity contribution in [3.05, 3.63) is 53.3 Å². The molecule has 2 aliphatic heterocycles. The number of carbonyl (C=O) groups excluding carboxylic acids is 4. The van der Waals surface area contributed by atoms with Gasteiger partial charge in [0.1, 0.15) is 11.9 Å². The van der Waals surface area contributed by atoms with Crippen molar-refractivity contribution in [2.75, 3.05) is 42.3 Å². The Hall–Kier alpha value is -3.90. The lowest BCUT2D eigenvalue weighted by Gasteiger charge is -2.31. The smallest absolute Gasteiger partial charge is 0.435 e. The van der Waals surface area contributed by atoms with Gasteiger partial charge >= 0.3 is 12.2 Å². The second-order valence-corrected chi connectivity index (χ2v) is 9.71. The first kappa shape index (κ1) is 29.1. The maximum absolute atomic E-state index is 15.1. The summed E-state index contributed by atoms with van der Waals surface area (Å²) in [7, 11) is 1.49. The van der Waals surface area contributed by atoms with Gasteiger partial charge < -0.3 is 34.6 Å². The molecule has 2 aromatic rings. The monoisotopic (exact) mass is 576 g/mol. The summed E-state index contributed by atoms with van der Waals surface area (Å²) in [5, 5.41) is 5.79. The lowest BCUT2D eigenvalue weighted by Crippen LogP contribution is -2.46. The molecule has 0 saturated carbocycles. The molecule has 0 aromatic heterocycles.